The number of benzene rings is 1. The molecule has 0 aliphatic heterocycles. The molecule has 3 nitrogen and oxygen atoms in total. The summed E-state index contributed by atoms with van der Waals surface area (Å²) in [5, 5.41) is 7.86. The summed E-state index contributed by atoms with van der Waals surface area (Å²) in [6, 6.07) is 6.16. The Balaban J connectivity index is 2.38. The first kappa shape index (κ1) is 13.5. The lowest BCUT2D eigenvalue weighted by atomic mass is 9.99. The van der Waals surface area contributed by atoms with Crippen LogP contribution in [0.1, 0.15) is 31.9 Å². The van der Waals surface area contributed by atoms with Gasteiger partial charge in [0.2, 0.25) is 0 Å². The van der Waals surface area contributed by atoms with Gasteiger partial charge in [-0.3, -0.25) is 0 Å². The van der Waals surface area contributed by atoms with Gasteiger partial charge in [0, 0.05) is 5.56 Å². The van der Waals surface area contributed by atoms with Crippen molar-refractivity contribution >= 4 is 0 Å². The molecule has 0 aliphatic rings. The van der Waals surface area contributed by atoms with Gasteiger partial charge >= 0.3 is 0 Å². The fraction of sp³-hybridized carbons (Fsp3) is 0.375. The SMILES string of the molecule is Cc1cc(OC(C)(C)C)ccc1-c1cnncc1C. The summed E-state index contributed by atoms with van der Waals surface area (Å²) in [5.41, 5.74) is 4.42. The van der Waals surface area contributed by atoms with E-state index in [1.807, 2.05) is 40.0 Å². The van der Waals surface area contributed by atoms with Gasteiger partial charge in [-0.05, 0) is 63.4 Å². The molecule has 2 aromatic rings. The zero-order chi connectivity index (χ0) is 14.0. The standard InChI is InChI=1S/C16H20N2O/c1-11-8-13(19-16(3,4)5)6-7-14(11)15-10-18-17-9-12(15)2/h6-10H,1-5H3. The normalized spacial score (nSPS) is 11.4. The number of aromatic nitrogens is 2. The maximum Gasteiger partial charge on any atom is 0.120 e. The van der Waals surface area contributed by atoms with Gasteiger partial charge < -0.3 is 4.74 Å². The Labute approximate surface area is 114 Å². The van der Waals surface area contributed by atoms with Crippen LogP contribution in [0.3, 0.4) is 0 Å². The van der Waals surface area contributed by atoms with Crippen molar-refractivity contribution in [3.05, 3.63) is 41.7 Å². The lowest BCUT2D eigenvalue weighted by Crippen LogP contribution is -2.22. The summed E-state index contributed by atoms with van der Waals surface area (Å²) in [6.07, 6.45) is 3.59. The van der Waals surface area contributed by atoms with Crippen molar-refractivity contribution in [2.75, 3.05) is 0 Å². The minimum atomic E-state index is -0.178. The van der Waals surface area contributed by atoms with Crippen LogP contribution in [0.25, 0.3) is 11.1 Å². The second-order valence-corrected chi connectivity index (χ2v) is 5.78. The van der Waals surface area contributed by atoms with Crippen LogP contribution in [0.15, 0.2) is 30.6 Å². The molecule has 1 aromatic carbocycles. The van der Waals surface area contributed by atoms with E-state index in [-0.39, 0.29) is 5.60 Å². The number of aryl methyl sites for hydroxylation is 2. The topological polar surface area (TPSA) is 35.0 Å². The van der Waals surface area contributed by atoms with Crippen LogP contribution < -0.4 is 4.74 Å². The summed E-state index contributed by atoms with van der Waals surface area (Å²) < 4.78 is 5.88. The van der Waals surface area contributed by atoms with Crippen LogP contribution in [0.4, 0.5) is 0 Å². The van der Waals surface area contributed by atoms with Crippen LogP contribution in [0.5, 0.6) is 5.75 Å². The van der Waals surface area contributed by atoms with Gasteiger partial charge in [-0.15, -0.1) is 0 Å². The Morgan fingerprint density at radius 2 is 1.58 bits per heavy atom. The van der Waals surface area contributed by atoms with E-state index in [4.69, 9.17) is 4.74 Å². The second-order valence-electron chi connectivity index (χ2n) is 5.78. The van der Waals surface area contributed by atoms with Gasteiger partial charge in [0.15, 0.2) is 0 Å². The third-order valence-electron chi connectivity index (χ3n) is 2.84. The van der Waals surface area contributed by atoms with Crippen LogP contribution in [-0.4, -0.2) is 15.8 Å². The first-order valence-corrected chi connectivity index (χ1v) is 6.44. The molecule has 0 unspecified atom stereocenters. The molecule has 1 aromatic heterocycles. The summed E-state index contributed by atoms with van der Waals surface area (Å²) >= 11 is 0. The molecule has 100 valence electrons. The minimum absolute atomic E-state index is 0.178. The van der Waals surface area contributed by atoms with E-state index in [2.05, 4.69) is 29.3 Å². The molecule has 3 heteroatoms. The van der Waals surface area contributed by atoms with Gasteiger partial charge in [-0.25, -0.2) is 0 Å². The van der Waals surface area contributed by atoms with Gasteiger partial charge in [0.25, 0.3) is 0 Å². The Morgan fingerprint density at radius 1 is 0.895 bits per heavy atom. The Hall–Kier alpha value is -1.90. The number of hydrogen-bond acceptors (Lipinski definition) is 3. The third kappa shape index (κ3) is 3.31. The summed E-state index contributed by atoms with van der Waals surface area (Å²) in [5.74, 6) is 0.897. The summed E-state index contributed by atoms with van der Waals surface area (Å²) in [4.78, 5) is 0. The molecular weight excluding hydrogens is 236 g/mol. The molecule has 19 heavy (non-hydrogen) atoms. The van der Waals surface area contributed by atoms with Gasteiger partial charge in [-0.2, -0.15) is 10.2 Å². The Bertz CT molecular complexity index is 586. The predicted octanol–water partition coefficient (Wildman–Crippen LogP) is 3.94. The highest BCUT2D eigenvalue weighted by Crippen LogP contribution is 2.29. The molecule has 0 spiro atoms. The average Bonchev–Trinajstić information content (AvgIpc) is 2.28. The van der Waals surface area contributed by atoms with Crippen molar-refractivity contribution in [1.82, 2.24) is 10.2 Å². The molecule has 0 saturated heterocycles. The highest BCUT2D eigenvalue weighted by Gasteiger charge is 2.13. The van der Waals surface area contributed by atoms with E-state index in [0.717, 1.165) is 16.9 Å². The maximum absolute atomic E-state index is 5.88. The van der Waals surface area contributed by atoms with Crippen molar-refractivity contribution in [2.45, 2.75) is 40.2 Å². The highest BCUT2D eigenvalue weighted by molar-refractivity contribution is 5.69. The largest absolute Gasteiger partial charge is 0.488 e. The van der Waals surface area contributed by atoms with Crippen molar-refractivity contribution < 1.29 is 4.74 Å². The fourth-order valence-corrected chi connectivity index (χ4v) is 2.02. The fourth-order valence-electron chi connectivity index (χ4n) is 2.02. The molecule has 2 rings (SSSR count). The number of hydrogen-bond donors (Lipinski definition) is 0. The minimum Gasteiger partial charge on any atom is -0.488 e. The smallest absolute Gasteiger partial charge is 0.120 e. The first-order valence-electron chi connectivity index (χ1n) is 6.44. The predicted molar refractivity (Wildman–Crippen MR) is 77.3 cm³/mol. The van der Waals surface area contributed by atoms with Gasteiger partial charge in [0.05, 0.1) is 12.4 Å². The van der Waals surface area contributed by atoms with Crippen molar-refractivity contribution in [3.8, 4) is 16.9 Å². The molecule has 0 saturated carbocycles. The van der Waals surface area contributed by atoms with Crippen LogP contribution in [0.2, 0.25) is 0 Å². The zero-order valence-electron chi connectivity index (χ0n) is 12.2. The molecule has 0 amide bonds. The Morgan fingerprint density at radius 3 is 2.16 bits per heavy atom. The van der Waals surface area contributed by atoms with Crippen molar-refractivity contribution in [2.24, 2.45) is 0 Å². The first-order chi connectivity index (χ1) is 8.87. The van der Waals surface area contributed by atoms with E-state index in [1.165, 1.54) is 11.1 Å². The molecule has 0 N–H and O–H groups in total. The number of nitrogens with zero attached hydrogens (tertiary/aromatic N) is 2. The van der Waals surface area contributed by atoms with Crippen molar-refractivity contribution in [1.29, 1.82) is 0 Å². The Kier molecular flexibility index (Phi) is 3.56. The van der Waals surface area contributed by atoms with Crippen LogP contribution in [-0.2, 0) is 0 Å². The number of ether oxygens (including phenoxy) is 1. The number of rotatable bonds is 2. The quantitative estimate of drug-likeness (QED) is 0.816. The van der Waals surface area contributed by atoms with Crippen LogP contribution in [0, 0.1) is 13.8 Å². The molecule has 1 heterocycles. The summed E-state index contributed by atoms with van der Waals surface area (Å²) in [6.45, 7) is 10.3. The third-order valence-corrected chi connectivity index (χ3v) is 2.84. The van der Waals surface area contributed by atoms with E-state index in [9.17, 15) is 0 Å². The second kappa shape index (κ2) is 5.00. The average molecular weight is 256 g/mol. The van der Waals surface area contributed by atoms with E-state index in [1.54, 1.807) is 6.20 Å². The van der Waals surface area contributed by atoms with E-state index >= 15 is 0 Å². The molecule has 0 bridgehead atoms. The van der Waals surface area contributed by atoms with Crippen LogP contribution >= 0.6 is 0 Å². The lowest BCUT2D eigenvalue weighted by molar-refractivity contribution is 0.131. The highest BCUT2D eigenvalue weighted by atomic mass is 16.5. The molecule has 0 radical (unpaired) electrons. The van der Waals surface area contributed by atoms with Crippen molar-refractivity contribution in [3.63, 3.8) is 0 Å². The molecular formula is C16H20N2O. The molecule has 0 atom stereocenters. The van der Waals surface area contributed by atoms with E-state index in [0.29, 0.717) is 0 Å². The van der Waals surface area contributed by atoms with Gasteiger partial charge in [0.1, 0.15) is 11.4 Å². The molecule has 0 fully saturated rings. The lowest BCUT2D eigenvalue weighted by Gasteiger charge is -2.22. The molecule has 0 aliphatic carbocycles. The maximum atomic E-state index is 5.88. The summed E-state index contributed by atoms with van der Waals surface area (Å²) in [7, 11) is 0. The van der Waals surface area contributed by atoms with Gasteiger partial charge in [-0.1, -0.05) is 6.07 Å². The zero-order valence-corrected chi connectivity index (χ0v) is 12.2. The van der Waals surface area contributed by atoms with E-state index < -0.39 is 0 Å². The monoisotopic (exact) mass is 256 g/mol.